The SMILES string of the molecule is COc1ccc(C(=O)N2CCN(c3ccc4c(c3)CCC(=O)N4C(C)=O)CC2)cc1OC. The Morgan fingerprint density at radius 2 is 1.59 bits per heavy atom. The highest BCUT2D eigenvalue weighted by molar-refractivity contribution is 6.15. The van der Waals surface area contributed by atoms with Crippen LogP contribution in [0, 0.1) is 0 Å². The van der Waals surface area contributed by atoms with Crippen LogP contribution in [0.5, 0.6) is 11.5 Å². The summed E-state index contributed by atoms with van der Waals surface area (Å²) in [4.78, 5) is 42.3. The molecule has 2 aliphatic heterocycles. The monoisotopic (exact) mass is 437 g/mol. The summed E-state index contributed by atoms with van der Waals surface area (Å²) in [7, 11) is 3.11. The van der Waals surface area contributed by atoms with Gasteiger partial charge in [0.1, 0.15) is 0 Å². The lowest BCUT2D eigenvalue weighted by molar-refractivity contribution is -0.125. The molecule has 2 aromatic carbocycles. The Kier molecular flexibility index (Phi) is 6.03. The molecule has 2 heterocycles. The first kappa shape index (κ1) is 21.7. The number of aryl methyl sites for hydroxylation is 1. The van der Waals surface area contributed by atoms with Crippen LogP contribution in [-0.4, -0.2) is 63.0 Å². The van der Waals surface area contributed by atoms with Gasteiger partial charge < -0.3 is 19.3 Å². The smallest absolute Gasteiger partial charge is 0.254 e. The normalized spacial score (nSPS) is 16.0. The van der Waals surface area contributed by atoms with Crippen LogP contribution in [0.4, 0.5) is 11.4 Å². The first-order valence-corrected chi connectivity index (χ1v) is 10.7. The molecule has 0 saturated carbocycles. The molecule has 32 heavy (non-hydrogen) atoms. The first-order chi connectivity index (χ1) is 15.4. The number of piperazine rings is 1. The third kappa shape index (κ3) is 4.00. The Bertz CT molecular complexity index is 1060. The molecule has 2 aliphatic rings. The highest BCUT2D eigenvalue weighted by atomic mass is 16.5. The third-order valence-corrected chi connectivity index (χ3v) is 6.04. The van der Waals surface area contributed by atoms with Gasteiger partial charge in [0.25, 0.3) is 5.91 Å². The number of hydrogen-bond acceptors (Lipinski definition) is 6. The fraction of sp³-hybridized carbons (Fsp3) is 0.375. The number of ether oxygens (including phenoxy) is 2. The molecule has 0 aliphatic carbocycles. The third-order valence-electron chi connectivity index (χ3n) is 6.04. The summed E-state index contributed by atoms with van der Waals surface area (Å²) in [6.07, 6.45) is 0.965. The van der Waals surface area contributed by atoms with Crippen molar-refractivity contribution in [3.8, 4) is 11.5 Å². The number of carbonyl (C=O) groups is 3. The van der Waals surface area contributed by atoms with Crippen molar-refractivity contribution in [1.82, 2.24) is 4.90 Å². The Morgan fingerprint density at radius 1 is 0.875 bits per heavy atom. The predicted octanol–water partition coefficient (Wildman–Crippen LogP) is 2.49. The summed E-state index contributed by atoms with van der Waals surface area (Å²) in [6, 6.07) is 11.1. The van der Waals surface area contributed by atoms with E-state index in [0.717, 1.165) is 11.3 Å². The van der Waals surface area contributed by atoms with Gasteiger partial charge in [0.05, 0.1) is 19.9 Å². The minimum Gasteiger partial charge on any atom is -0.493 e. The maximum atomic E-state index is 13.0. The summed E-state index contributed by atoms with van der Waals surface area (Å²) in [6.45, 7) is 4.01. The van der Waals surface area contributed by atoms with Crippen molar-refractivity contribution < 1.29 is 23.9 Å². The van der Waals surface area contributed by atoms with Crippen LogP contribution in [0.25, 0.3) is 0 Å². The van der Waals surface area contributed by atoms with Gasteiger partial charge in [-0.2, -0.15) is 0 Å². The van der Waals surface area contributed by atoms with Crippen LogP contribution in [-0.2, 0) is 16.0 Å². The lowest BCUT2D eigenvalue weighted by Crippen LogP contribution is -2.49. The lowest BCUT2D eigenvalue weighted by Gasteiger charge is -2.37. The zero-order valence-electron chi connectivity index (χ0n) is 18.6. The van der Waals surface area contributed by atoms with Crippen molar-refractivity contribution in [3.63, 3.8) is 0 Å². The van der Waals surface area contributed by atoms with Crippen LogP contribution < -0.4 is 19.3 Å². The van der Waals surface area contributed by atoms with E-state index in [4.69, 9.17) is 9.47 Å². The lowest BCUT2D eigenvalue weighted by atomic mass is 10.00. The van der Waals surface area contributed by atoms with Gasteiger partial charge in [0.15, 0.2) is 11.5 Å². The van der Waals surface area contributed by atoms with Gasteiger partial charge in [-0.15, -0.1) is 0 Å². The Balaban J connectivity index is 1.45. The molecule has 168 valence electrons. The van der Waals surface area contributed by atoms with Crippen molar-refractivity contribution in [1.29, 1.82) is 0 Å². The highest BCUT2D eigenvalue weighted by Crippen LogP contribution is 2.32. The number of hydrogen-bond donors (Lipinski definition) is 0. The van der Waals surface area contributed by atoms with Crippen molar-refractivity contribution in [2.45, 2.75) is 19.8 Å². The van der Waals surface area contributed by atoms with Crippen LogP contribution >= 0.6 is 0 Å². The molecule has 8 heteroatoms. The molecule has 0 bridgehead atoms. The standard InChI is InChI=1S/C24H27N3O5/c1-16(28)27-20-7-6-19(14-17(20)5-9-23(27)29)25-10-12-26(13-11-25)24(30)18-4-8-21(31-2)22(15-18)32-3/h4,6-8,14-15H,5,9-13H2,1-3H3. The van der Waals surface area contributed by atoms with E-state index in [-0.39, 0.29) is 17.7 Å². The topological polar surface area (TPSA) is 79.4 Å². The molecule has 4 rings (SSSR count). The molecule has 0 spiro atoms. The molecule has 0 unspecified atom stereocenters. The van der Waals surface area contributed by atoms with E-state index in [9.17, 15) is 14.4 Å². The second kappa shape index (κ2) is 8.90. The minimum atomic E-state index is -0.258. The molecule has 8 nitrogen and oxygen atoms in total. The number of fused-ring (bicyclic) bond motifs is 1. The Labute approximate surface area is 187 Å². The average molecular weight is 437 g/mol. The van der Waals surface area contributed by atoms with Gasteiger partial charge in [-0.3, -0.25) is 19.3 Å². The number of nitrogens with zero attached hydrogens (tertiary/aromatic N) is 3. The van der Waals surface area contributed by atoms with E-state index >= 15 is 0 Å². The second-order valence-corrected chi connectivity index (χ2v) is 7.91. The van der Waals surface area contributed by atoms with E-state index in [1.165, 1.54) is 11.8 Å². The zero-order valence-corrected chi connectivity index (χ0v) is 18.6. The molecule has 0 radical (unpaired) electrons. The van der Waals surface area contributed by atoms with Crippen molar-refractivity contribution in [2.24, 2.45) is 0 Å². The molecule has 1 saturated heterocycles. The summed E-state index contributed by atoms with van der Waals surface area (Å²) < 4.78 is 10.6. The maximum absolute atomic E-state index is 13.0. The summed E-state index contributed by atoms with van der Waals surface area (Å²) in [5.41, 5.74) is 3.29. The summed E-state index contributed by atoms with van der Waals surface area (Å²) in [5, 5.41) is 0. The quantitative estimate of drug-likeness (QED) is 0.731. The molecule has 0 aromatic heterocycles. The number of imide groups is 1. The summed E-state index contributed by atoms with van der Waals surface area (Å²) in [5.74, 6) is 0.674. The van der Waals surface area contributed by atoms with Crippen LogP contribution in [0.15, 0.2) is 36.4 Å². The van der Waals surface area contributed by atoms with Gasteiger partial charge in [0, 0.05) is 50.8 Å². The first-order valence-electron chi connectivity index (χ1n) is 10.7. The van der Waals surface area contributed by atoms with E-state index in [1.54, 1.807) is 32.4 Å². The zero-order chi connectivity index (χ0) is 22.8. The van der Waals surface area contributed by atoms with Gasteiger partial charge in [-0.1, -0.05) is 0 Å². The van der Waals surface area contributed by atoms with Gasteiger partial charge in [-0.05, 0) is 48.4 Å². The fourth-order valence-electron chi connectivity index (χ4n) is 4.34. The molecule has 1 fully saturated rings. The molecule has 2 aromatic rings. The number of benzene rings is 2. The number of methoxy groups -OCH3 is 2. The number of carbonyl (C=O) groups excluding carboxylic acids is 3. The van der Waals surface area contributed by atoms with E-state index in [2.05, 4.69) is 11.0 Å². The number of amides is 3. The minimum absolute atomic E-state index is 0.0355. The maximum Gasteiger partial charge on any atom is 0.254 e. The van der Waals surface area contributed by atoms with E-state index in [1.807, 2.05) is 17.0 Å². The fourth-order valence-corrected chi connectivity index (χ4v) is 4.34. The van der Waals surface area contributed by atoms with Crippen LogP contribution in [0.1, 0.15) is 29.3 Å². The van der Waals surface area contributed by atoms with Crippen LogP contribution in [0.3, 0.4) is 0 Å². The number of anilines is 2. The highest BCUT2D eigenvalue weighted by Gasteiger charge is 2.29. The van der Waals surface area contributed by atoms with Crippen molar-refractivity contribution in [2.75, 3.05) is 50.2 Å². The Hall–Kier alpha value is -3.55. The molecular formula is C24H27N3O5. The van der Waals surface area contributed by atoms with Gasteiger partial charge >= 0.3 is 0 Å². The van der Waals surface area contributed by atoms with Crippen LogP contribution in [0.2, 0.25) is 0 Å². The molecule has 0 N–H and O–H groups in total. The molecule has 0 atom stereocenters. The van der Waals surface area contributed by atoms with Gasteiger partial charge in [-0.25, -0.2) is 0 Å². The average Bonchev–Trinajstić information content (AvgIpc) is 2.82. The van der Waals surface area contributed by atoms with Crippen molar-refractivity contribution in [3.05, 3.63) is 47.5 Å². The second-order valence-electron chi connectivity index (χ2n) is 7.91. The summed E-state index contributed by atoms with van der Waals surface area (Å²) >= 11 is 0. The van der Waals surface area contributed by atoms with Gasteiger partial charge in [0.2, 0.25) is 11.8 Å². The Morgan fingerprint density at radius 3 is 2.25 bits per heavy atom. The number of rotatable bonds is 4. The van der Waals surface area contributed by atoms with E-state index < -0.39 is 0 Å². The largest absolute Gasteiger partial charge is 0.493 e. The molecular weight excluding hydrogens is 410 g/mol. The van der Waals surface area contributed by atoms with E-state index in [0.29, 0.717) is 61.8 Å². The predicted molar refractivity (Wildman–Crippen MR) is 121 cm³/mol. The van der Waals surface area contributed by atoms with Crippen molar-refractivity contribution >= 4 is 29.1 Å². The molecule has 3 amide bonds.